The molecular weight excluding hydrogens is 409 g/mol. The maximum absolute atomic E-state index is 14.2. The molecule has 2 aromatic carbocycles. The van der Waals surface area contributed by atoms with Gasteiger partial charge in [0.1, 0.15) is 17.3 Å². The van der Waals surface area contributed by atoms with E-state index in [4.69, 9.17) is 4.74 Å². The van der Waals surface area contributed by atoms with Gasteiger partial charge >= 0.3 is 0 Å². The second kappa shape index (κ2) is 10.3. The lowest BCUT2D eigenvalue weighted by atomic mass is 10.0. The molecule has 4 rings (SSSR count). The first kappa shape index (κ1) is 23.3. The molecule has 2 heterocycles. The van der Waals surface area contributed by atoms with Gasteiger partial charge in [0.05, 0.1) is 12.6 Å². The number of para-hydroxylation sites is 1. The van der Waals surface area contributed by atoms with Gasteiger partial charge in [-0.1, -0.05) is 24.3 Å². The van der Waals surface area contributed by atoms with Gasteiger partial charge in [0.15, 0.2) is 0 Å². The zero-order valence-corrected chi connectivity index (χ0v) is 19.1. The van der Waals surface area contributed by atoms with E-state index >= 15 is 0 Å². The number of piperidine rings is 1. The first-order valence-corrected chi connectivity index (χ1v) is 10.7. The van der Waals surface area contributed by atoms with Gasteiger partial charge in [0.25, 0.3) is 5.91 Å². The smallest absolute Gasteiger partial charge is 0.269 e. The Morgan fingerprint density at radius 3 is 2.31 bits per heavy atom. The third-order valence-electron chi connectivity index (χ3n) is 5.58. The first-order chi connectivity index (χ1) is 15.3. The van der Waals surface area contributed by atoms with Crippen molar-refractivity contribution in [3.8, 4) is 16.9 Å². The number of nitrogens with one attached hydrogen (secondary N) is 1. The molecule has 0 saturated carbocycles. The van der Waals surface area contributed by atoms with E-state index in [0.29, 0.717) is 22.3 Å². The van der Waals surface area contributed by atoms with Gasteiger partial charge in [-0.05, 0) is 43.0 Å². The summed E-state index contributed by atoms with van der Waals surface area (Å²) in [4.78, 5) is 29.1. The molecule has 3 aromatic rings. The Balaban J connectivity index is 0.000000269. The summed E-state index contributed by atoms with van der Waals surface area (Å²) in [6.07, 6.45) is 3.68. The topological polar surface area (TPSA) is 65.6 Å². The van der Waals surface area contributed by atoms with Crippen molar-refractivity contribution < 1.29 is 18.7 Å². The van der Waals surface area contributed by atoms with E-state index < -0.39 is 5.82 Å². The number of likely N-dealkylation sites (tertiary alicyclic amines) is 1. The monoisotopic (exact) mass is 439 g/mol. The number of nitrogens with zero attached hydrogens (tertiary/aromatic N) is 2. The van der Waals surface area contributed by atoms with Crippen LogP contribution in [0.4, 0.5) is 4.39 Å². The molecule has 0 bridgehead atoms. The quantitative estimate of drug-likeness (QED) is 0.643. The minimum Gasteiger partial charge on any atom is -0.496 e. The zero-order valence-electron chi connectivity index (χ0n) is 19.1. The molecular formula is C25H30FN3O3. The maximum Gasteiger partial charge on any atom is 0.269 e. The number of fused-ring (bicyclic) bond motifs is 1. The van der Waals surface area contributed by atoms with Crippen molar-refractivity contribution in [2.45, 2.75) is 26.2 Å². The molecule has 0 radical (unpaired) electrons. The minimum absolute atomic E-state index is 0.202. The van der Waals surface area contributed by atoms with Crippen LogP contribution in [0.5, 0.6) is 5.75 Å². The van der Waals surface area contributed by atoms with E-state index in [1.807, 2.05) is 29.2 Å². The number of aromatic nitrogens is 1. The summed E-state index contributed by atoms with van der Waals surface area (Å²) < 4.78 is 19.5. The molecule has 1 saturated heterocycles. The number of carbonyl (C=O) groups is 2. The van der Waals surface area contributed by atoms with E-state index in [1.54, 1.807) is 40.3 Å². The molecule has 1 aliphatic rings. The van der Waals surface area contributed by atoms with E-state index in [-0.39, 0.29) is 11.8 Å². The van der Waals surface area contributed by atoms with E-state index in [2.05, 4.69) is 4.98 Å². The Hall–Kier alpha value is -3.35. The van der Waals surface area contributed by atoms with Crippen LogP contribution in [-0.4, -0.2) is 60.9 Å². The molecule has 1 aromatic heterocycles. The molecule has 0 aliphatic carbocycles. The van der Waals surface area contributed by atoms with E-state index in [1.165, 1.54) is 30.2 Å². The molecule has 1 aliphatic heterocycles. The fourth-order valence-corrected chi connectivity index (χ4v) is 3.85. The van der Waals surface area contributed by atoms with Crippen molar-refractivity contribution in [1.29, 1.82) is 0 Å². The number of ether oxygens (including phenoxy) is 1. The number of hydrogen-bond donors (Lipinski definition) is 1. The highest BCUT2D eigenvalue weighted by molar-refractivity contribution is 6.03. The van der Waals surface area contributed by atoms with E-state index in [9.17, 15) is 14.0 Å². The van der Waals surface area contributed by atoms with Crippen molar-refractivity contribution in [3.05, 3.63) is 54.0 Å². The van der Waals surface area contributed by atoms with Crippen molar-refractivity contribution in [2.75, 3.05) is 34.3 Å². The number of halogens is 1. The third kappa shape index (κ3) is 5.10. The third-order valence-corrected chi connectivity index (χ3v) is 5.58. The minimum atomic E-state index is -0.392. The highest BCUT2D eigenvalue weighted by Gasteiger charge is 2.18. The van der Waals surface area contributed by atoms with Gasteiger partial charge in [-0.25, -0.2) is 4.39 Å². The molecule has 6 nitrogen and oxygen atoms in total. The Morgan fingerprint density at radius 2 is 1.72 bits per heavy atom. The van der Waals surface area contributed by atoms with Crippen molar-refractivity contribution in [1.82, 2.24) is 14.8 Å². The van der Waals surface area contributed by atoms with Crippen LogP contribution >= 0.6 is 0 Å². The Bertz CT molecular complexity index is 1100. The second-order valence-electron chi connectivity index (χ2n) is 8.03. The fraction of sp³-hybridized carbons (Fsp3) is 0.360. The van der Waals surface area contributed by atoms with Crippen LogP contribution in [-0.2, 0) is 4.79 Å². The zero-order chi connectivity index (χ0) is 23.3. The van der Waals surface area contributed by atoms with Crippen LogP contribution in [0, 0.1) is 5.82 Å². The summed E-state index contributed by atoms with van der Waals surface area (Å²) in [7, 11) is 4.91. The summed E-state index contributed by atoms with van der Waals surface area (Å²) in [5, 5.41) is 0.653. The summed E-state index contributed by atoms with van der Waals surface area (Å²) in [6, 6.07) is 12.3. The lowest BCUT2D eigenvalue weighted by Crippen LogP contribution is -2.33. The molecule has 1 fully saturated rings. The Labute approximate surface area is 188 Å². The highest BCUT2D eigenvalue weighted by Crippen LogP contribution is 2.36. The lowest BCUT2D eigenvalue weighted by Gasteiger charge is -2.24. The van der Waals surface area contributed by atoms with Gasteiger partial charge in [0, 0.05) is 45.1 Å². The van der Waals surface area contributed by atoms with Crippen LogP contribution in [0.3, 0.4) is 0 Å². The van der Waals surface area contributed by atoms with Gasteiger partial charge < -0.3 is 19.5 Å². The predicted molar refractivity (Wildman–Crippen MR) is 124 cm³/mol. The molecule has 170 valence electrons. The highest BCUT2D eigenvalue weighted by atomic mass is 19.1. The summed E-state index contributed by atoms with van der Waals surface area (Å²) in [5.41, 5.74) is 2.33. The number of benzene rings is 2. The number of aromatic amines is 1. The number of rotatable bonds is 3. The van der Waals surface area contributed by atoms with Gasteiger partial charge in [-0.3, -0.25) is 9.59 Å². The second-order valence-corrected chi connectivity index (χ2v) is 8.03. The van der Waals surface area contributed by atoms with Crippen LogP contribution in [0.2, 0.25) is 0 Å². The van der Waals surface area contributed by atoms with Crippen LogP contribution in [0.15, 0.2) is 42.5 Å². The van der Waals surface area contributed by atoms with Crippen molar-refractivity contribution >= 4 is 22.7 Å². The number of H-pyrrole nitrogens is 1. The molecule has 2 amide bonds. The SMILES string of the molecule is CC(=O)N1CCCCC1.COc1ccccc1-c1ccc(F)c2[nH]c(C(=O)N(C)C)cc12. The molecule has 0 spiro atoms. The number of carbonyl (C=O) groups excluding carboxylic acids is 2. The lowest BCUT2D eigenvalue weighted by molar-refractivity contribution is -0.129. The predicted octanol–water partition coefficient (Wildman–Crippen LogP) is 4.70. The van der Waals surface area contributed by atoms with Crippen LogP contribution < -0.4 is 4.74 Å². The molecule has 7 heteroatoms. The van der Waals surface area contributed by atoms with Gasteiger partial charge in [-0.15, -0.1) is 0 Å². The molecule has 32 heavy (non-hydrogen) atoms. The maximum atomic E-state index is 14.2. The largest absolute Gasteiger partial charge is 0.496 e. The number of hydrogen-bond acceptors (Lipinski definition) is 3. The summed E-state index contributed by atoms with van der Waals surface area (Å²) in [6.45, 7) is 3.61. The molecule has 0 atom stereocenters. The summed E-state index contributed by atoms with van der Waals surface area (Å²) >= 11 is 0. The standard InChI is InChI=1S/C18H17FN2O2.C7H13NO/c1-21(2)18(22)15-10-13-11(8-9-14(19)17(13)20-15)12-6-4-5-7-16(12)23-3;1-7(9)8-5-3-2-4-6-8/h4-10,20H,1-3H3;2-6H2,1H3. The molecule has 0 unspecified atom stereocenters. The van der Waals surface area contributed by atoms with Gasteiger partial charge in [0.2, 0.25) is 5.91 Å². The first-order valence-electron chi connectivity index (χ1n) is 10.7. The summed E-state index contributed by atoms with van der Waals surface area (Å²) in [5.74, 6) is 0.333. The van der Waals surface area contributed by atoms with Crippen molar-refractivity contribution in [2.24, 2.45) is 0 Å². The Morgan fingerprint density at radius 1 is 1.03 bits per heavy atom. The number of amides is 2. The van der Waals surface area contributed by atoms with Gasteiger partial charge in [-0.2, -0.15) is 0 Å². The number of methoxy groups -OCH3 is 1. The normalized spacial score (nSPS) is 13.3. The van der Waals surface area contributed by atoms with Crippen LogP contribution in [0.25, 0.3) is 22.0 Å². The molecule has 1 N–H and O–H groups in total. The Kier molecular flexibility index (Phi) is 7.51. The average Bonchev–Trinajstić information content (AvgIpc) is 3.26. The van der Waals surface area contributed by atoms with E-state index in [0.717, 1.165) is 24.2 Å². The average molecular weight is 440 g/mol. The van der Waals surface area contributed by atoms with Crippen molar-refractivity contribution in [3.63, 3.8) is 0 Å². The van der Waals surface area contributed by atoms with Crippen LogP contribution in [0.1, 0.15) is 36.7 Å². The fourth-order valence-electron chi connectivity index (χ4n) is 3.85.